The summed E-state index contributed by atoms with van der Waals surface area (Å²) in [5.74, 6) is -0.736. The first-order valence-corrected chi connectivity index (χ1v) is 5.71. The molecule has 0 saturated heterocycles. The number of benzene rings is 1. The predicted molar refractivity (Wildman–Crippen MR) is 66.6 cm³/mol. The first kappa shape index (κ1) is 14.0. The van der Waals surface area contributed by atoms with Crippen molar-refractivity contribution in [1.29, 1.82) is 0 Å². The highest BCUT2D eigenvalue weighted by molar-refractivity contribution is 5.82. The van der Waals surface area contributed by atoms with Crippen molar-refractivity contribution in [3.05, 3.63) is 29.8 Å². The average molecular weight is 251 g/mol. The van der Waals surface area contributed by atoms with Crippen LogP contribution in [0, 0.1) is 0 Å². The summed E-state index contributed by atoms with van der Waals surface area (Å²) in [4.78, 5) is 23.2. The van der Waals surface area contributed by atoms with Crippen molar-refractivity contribution in [2.75, 3.05) is 20.2 Å². The number of likely N-dealkylation sites (N-methyl/N-ethyl adjacent to an activating group) is 1. The van der Waals surface area contributed by atoms with Gasteiger partial charge in [-0.25, -0.2) is 0 Å². The lowest BCUT2D eigenvalue weighted by Crippen LogP contribution is -2.35. The van der Waals surface area contributed by atoms with Crippen molar-refractivity contribution < 1.29 is 19.4 Å². The van der Waals surface area contributed by atoms with Gasteiger partial charge in [-0.3, -0.25) is 9.59 Å². The molecule has 0 bridgehead atoms. The van der Waals surface area contributed by atoms with E-state index in [-0.39, 0.29) is 19.1 Å². The zero-order chi connectivity index (χ0) is 13.5. The monoisotopic (exact) mass is 251 g/mol. The van der Waals surface area contributed by atoms with Gasteiger partial charge in [0.15, 0.2) is 6.61 Å². The van der Waals surface area contributed by atoms with Gasteiger partial charge in [0.1, 0.15) is 12.3 Å². The van der Waals surface area contributed by atoms with Crippen LogP contribution in [-0.4, -0.2) is 42.1 Å². The number of rotatable bonds is 6. The number of carboxylic acids is 1. The van der Waals surface area contributed by atoms with Gasteiger partial charge in [-0.2, -0.15) is 0 Å². The Morgan fingerprint density at radius 2 is 2.00 bits per heavy atom. The van der Waals surface area contributed by atoms with Crippen LogP contribution >= 0.6 is 0 Å². The number of nitrogens with zero attached hydrogens (tertiary/aromatic N) is 1. The number of carbonyl (C=O) groups excluding carboxylic acids is 1. The molecule has 0 radical (unpaired) electrons. The topological polar surface area (TPSA) is 66.8 Å². The maximum absolute atomic E-state index is 11.6. The van der Waals surface area contributed by atoms with Crippen LogP contribution < -0.4 is 4.74 Å². The molecule has 5 heteroatoms. The highest BCUT2D eigenvalue weighted by atomic mass is 16.5. The zero-order valence-electron chi connectivity index (χ0n) is 10.5. The van der Waals surface area contributed by atoms with E-state index in [1.54, 1.807) is 6.07 Å². The molecule has 0 heterocycles. The number of hydrogen-bond donors (Lipinski definition) is 1. The Labute approximate surface area is 106 Å². The van der Waals surface area contributed by atoms with E-state index in [9.17, 15) is 9.59 Å². The summed E-state index contributed by atoms with van der Waals surface area (Å²) in [5.41, 5.74) is 1.02. The number of carbonyl (C=O) groups is 2. The quantitative estimate of drug-likeness (QED) is 0.824. The molecule has 0 aromatic heterocycles. The molecule has 1 amide bonds. The van der Waals surface area contributed by atoms with Gasteiger partial charge in [0.25, 0.3) is 5.91 Å². The number of hydrogen-bond acceptors (Lipinski definition) is 3. The third-order valence-corrected chi connectivity index (χ3v) is 2.50. The van der Waals surface area contributed by atoms with E-state index < -0.39 is 5.97 Å². The van der Waals surface area contributed by atoms with Crippen LogP contribution in [0.5, 0.6) is 5.75 Å². The van der Waals surface area contributed by atoms with Crippen molar-refractivity contribution in [2.45, 2.75) is 13.3 Å². The van der Waals surface area contributed by atoms with E-state index in [4.69, 9.17) is 9.84 Å². The summed E-state index contributed by atoms with van der Waals surface area (Å²) in [5, 5.41) is 8.57. The summed E-state index contributed by atoms with van der Waals surface area (Å²) < 4.78 is 5.41. The van der Waals surface area contributed by atoms with Crippen LogP contribution in [0.3, 0.4) is 0 Å². The minimum absolute atomic E-state index is 0.152. The maximum atomic E-state index is 11.6. The molecule has 0 fully saturated rings. The highest BCUT2D eigenvalue weighted by Gasteiger charge is 2.13. The molecule has 1 rings (SSSR count). The number of aliphatic carboxylic acids is 1. The van der Waals surface area contributed by atoms with Gasteiger partial charge in [-0.15, -0.1) is 0 Å². The third kappa shape index (κ3) is 4.08. The molecule has 0 aliphatic heterocycles. The number of amides is 1. The molecule has 0 saturated carbocycles. The fourth-order valence-corrected chi connectivity index (χ4v) is 1.48. The second-order valence-corrected chi connectivity index (χ2v) is 3.89. The molecule has 0 spiro atoms. The Balaban J connectivity index is 2.54. The second kappa shape index (κ2) is 6.64. The zero-order valence-corrected chi connectivity index (χ0v) is 10.5. The van der Waals surface area contributed by atoms with Gasteiger partial charge in [-0.05, 0) is 18.1 Å². The Morgan fingerprint density at radius 1 is 1.33 bits per heavy atom. The van der Waals surface area contributed by atoms with Gasteiger partial charge in [0.05, 0.1) is 0 Å². The van der Waals surface area contributed by atoms with Crippen LogP contribution in [-0.2, 0) is 16.0 Å². The molecular weight excluding hydrogens is 234 g/mol. The molecule has 0 aliphatic carbocycles. The van der Waals surface area contributed by atoms with E-state index in [2.05, 4.69) is 0 Å². The SMILES string of the molecule is CCc1ccccc1OCC(=O)N(C)CC(=O)O. The summed E-state index contributed by atoms with van der Waals surface area (Å²) in [6.45, 7) is 1.53. The first-order valence-electron chi connectivity index (χ1n) is 5.71. The molecule has 18 heavy (non-hydrogen) atoms. The fourth-order valence-electron chi connectivity index (χ4n) is 1.48. The van der Waals surface area contributed by atoms with Crippen LogP contribution in [0.25, 0.3) is 0 Å². The average Bonchev–Trinajstić information content (AvgIpc) is 2.35. The predicted octanol–water partition coefficient (Wildman–Crippen LogP) is 1.17. The second-order valence-electron chi connectivity index (χ2n) is 3.89. The number of carboxylic acid groups (broad SMARTS) is 1. The van der Waals surface area contributed by atoms with Crippen LogP contribution in [0.1, 0.15) is 12.5 Å². The van der Waals surface area contributed by atoms with E-state index in [0.29, 0.717) is 5.75 Å². The van der Waals surface area contributed by atoms with Crippen molar-refractivity contribution in [3.8, 4) is 5.75 Å². The molecule has 1 N–H and O–H groups in total. The Bertz CT molecular complexity index is 431. The molecule has 0 aliphatic rings. The minimum Gasteiger partial charge on any atom is -0.483 e. The van der Waals surface area contributed by atoms with E-state index in [1.807, 2.05) is 25.1 Å². The Kier molecular flexibility index (Phi) is 5.17. The van der Waals surface area contributed by atoms with Crippen molar-refractivity contribution in [3.63, 3.8) is 0 Å². The van der Waals surface area contributed by atoms with Gasteiger partial charge in [-0.1, -0.05) is 25.1 Å². The fraction of sp³-hybridized carbons (Fsp3) is 0.385. The summed E-state index contributed by atoms with van der Waals surface area (Å²) >= 11 is 0. The molecular formula is C13H17NO4. The molecule has 98 valence electrons. The number of aryl methyl sites for hydroxylation is 1. The summed E-state index contributed by atoms with van der Waals surface area (Å²) in [7, 11) is 1.44. The van der Waals surface area contributed by atoms with E-state index in [0.717, 1.165) is 16.9 Å². The molecule has 1 aromatic rings. The molecule has 5 nitrogen and oxygen atoms in total. The van der Waals surface area contributed by atoms with Gasteiger partial charge in [0.2, 0.25) is 0 Å². The Morgan fingerprint density at radius 3 is 2.61 bits per heavy atom. The third-order valence-electron chi connectivity index (χ3n) is 2.50. The Hall–Kier alpha value is -2.04. The maximum Gasteiger partial charge on any atom is 0.323 e. The smallest absolute Gasteiger partial charge is 0.323 e. The lowest BCUT2D eigenvalue weighted by molar-refractivity contribution is -0.144. The van der Waals surface area contributed by atoms with Gasteiger partial charge in [0, 0.05) is 7.05 Å². The summed E-state index contributed by atoms with van der Waals surface area (Å²) in [6, 6.07) is 7.47. The molecule has 1 aromatic carbocycles. The molecule has 0 atom stereocenters. The normalized spacial score (nSPS) is 9.89. The van der Waals surface area contributed by atoms with Crippen LogP contribution in [0.2, 0.25) is 0 Å². The van der Waals surface area contributed by atoms with Crippen LogP contribution in [0.4, 0.5) is 0 Å². The number of ether oxygens (including phenoxy) is 1. The van der Waals surface area contributed by atoms with E-state index in [1.165, 1.54) is 7.05 Å². The standard InChI is InChI=1S/C13H17NO4/c1-3-10-6-4-5-7-11(10)18-9-12(15)14(2)8-13(16)17/h4-7H,3,8-9H2,1-2H3,(H,16,17). The van der Waals surface area contributed by atoms with Crippen LogP contribution in [0.15, 0.2) is 24.3 Å². The lowest BCUT2D eigenvalue weighted by Gasteiger charge is -2.16. The van der Waals surface area contributed by atoms with E-state index >= 15 is 0 Å². The first-order chi connectivity index (χ1) is 8.54. The van der Waals surface area contributed by atoms with Crippen molar-refractivity contribution in [2.24, 2.45) is 0 Å². The van der Waals surface area contributed by atoms with Crippen molar-refractivity contribution in [1.82, 2.24) is 4.90 Å². The lowest BCUT2D eigenvalue weighted by atomic mass is 10.1. The summed E-state index contributed by atoms with van der Waals surface area (Å²) in [6.07, 6.45) is 0.815. The number of para-hydroxylation sites is 1. The highest BCUT2D eigenvalue weighted by Crippen LogP contribution is 2.18. The minimum atomic E-state index is -1.04. The largest absolute Gasteiger partial charge is 0.483 e. The van der Waals surface area contributed by atoms with Gasteiger partial charge < -0.3 is 14.7 Å². The van der Waals surface area contributed by atoms with Gasteiger partial charge >= 0.3 is 5.97 Å². The molecule has 0 unspecified atom stereocenters. The van der Waals surface area contributed by atoms with Crippen molar-refractivity contribution >= 4 is 11.9 Å².